The summed E-state index contributed by atoms with van der Waals surface area (Å²) in [6.45, 7) is 3.92. The smallest absolute Gasteiger partial charge is 0.260 e. The molecule has 1 N–H and O–H groups in total. The van der Waals surface area contributed by atoms with Gasteiger partial charge in [0.2, 0.25) is 0 Å². The van der Waals surface area contributed by atoms with Gasteiger partial charge >= 0.3 is 0 Å². The van der Waals surface area contributed by atoms with Crippen LogP contribution in [0.1, 0.15) is 5.82 Å². The summed E-state index contributed by atoms with van der Waals surface area (Å²) < 4.78 is 5.35. The third kappa shape index (κ3) is 2.61. The Labute approximate surface area is 135 Å². The van der Waals surface area contributed by atoms with Crippen LogP contribution in [0.2, 0.25) is 0 Å². The number of ether oxygens (including phenoxy) is 1. The van der Waals surface area contributed by atoms with Crippen LogP contribution in [-0.4, -0.2) is 41.2 Å². The van der Waals surface area contributed by atoms with Crippen LogP contribution in [0.25, 0.3) is 20.7 Å². The van der Waals surface area contributed by atoms with E-state index in [4.69, 9.17) is 4.74 Å². The number of aromatic amines is 1. The van der Waals surface area contributed by atoms with Gasteiger partial charge in [-0.15, -0.1) is 22.7 Å². The second-order valence-corrected chi connectivity index (χ2v) is 7.01. The van der Waals surface area contributed by atoms with Gasteiger partial charge in [-0.25, -0.2) is 4.98 Å². The number of hydrogen-bond donors (Lipinski definition) is 1. The standard InChI is InChI=1S/C15H15N3O2S2/c19-14-13-10(11-2-1-7-21-11)9-22-15(13)17-12(16-14)8-18-3-5-20-6-4-18/h1-2,7,9H,3-6,8H2,(H,16,17,19). The third-order valence-corrected chi connectivity index (χ3v) is 5.53. The second kappa shape index (κ2) is 5.92. The Bertz CT molecular complexity index is 832. The van der Waals surface area contributed by atoms with Crippen LogP contribution in [0.3, 0.4) is 0 Å². The number of morpholine rings is 1. The van der Waals surface area contributed by atoms with Crippen LogP contribution < -0.4 is 5.56 Å². The predicted molar refractivity (Wildman–Crippen MR) is 89.6 cm³/mol. The molecule has 7 heteroatoms. The van der Waals surface area contributed by atoms with Crippen molar-refractivity contribution in [2.75, 3.05) is 26.3 Å². The summed E-state index contributed by atoms with van der Waals surface area (Å²) in [7, 11) is 0. The van der Waals surface area contributed by atoms with E-state index in [1.807, 2.05) is 22.9 Å². The van der Waals surface area contributed by atoms with Crippen molar-refractivity contribution in [3.63, 3.8) is 0 Å². The number of nitrogens with one attached hydrogen (secondary N) is 1. The fourth-order valence-corrected chi connectivity index (χ4v) is 4.43. The molecule has 1 aliphatic heterocycles. The van der Waals surface area contributed by atoms with Crippen molar-refractivity contribution in [2.45, 2.75) is 6.54 Å². The van der Waals surface area contributed by atoms with E-state index in [0.717, 1.165) is 47.4 Å². The van der Waals surface area contributed by atoms with E-state index < -0.39 is 0 Å². The number of aromatic nitrogens is 2. The van der Waals surface area contributed by atoms with Gasteiger partial charge in [0.05, 0.1) is 25.1 Å². The molecule has 3 aromatic heterocycles. The predicted octanol–water partition coefficient (Wildman–Crippen LogP) is 2.55. The quantitative estimate of drug-likeness (QED) is 0.800. The molecule has 4 rings (SSSR count). The molecule has 114 valence electrons. The van der Waals surface area contributed by atoms with Gasteiger partial charge in [-0.2, -0.15) is 0 Å². The summed E-state index contributed by atoms with van der Waals surface area (Å²) in [6.07, 6.45) is 0. The van der Waals surface area contributed by atoms with Gasteiger partial charge in [-0.05, 0) is 11.4 Å². The maximum absolute atomic E-state index is 12.5. The van der Waals surface area contributed by atoms with Gasteiger partial charge < -0.3 is 9.72 Å². The van der Waals surface area contributed by atoms with Gasteiger partial charge in [0.25, 0.3) is 5.56 Å². The Hall–Kier alpha value is -1.54. The van der Waals surface area contributed by atoms with E-state index >= 15 is 0 Å². The van der Waals surface area contributed by atoms with E-state index in [2.05, 4.69) is 14.9 Å². The highest BCUT2D eigenvalue weighted by Gasteiger charge is 2.16. The first-order chi connectivity index (χ1) is 10.8. The number of thiophene rings is 2. The van der Waals surface area contributed by atoms with E-state index in [1.165, 1.54) is 11.3 Å². The minimum absolute atomic E-state index is 0.0436. The molecule has 1 aliphatic rings. The van der Waals surface area contributed by atoms with E-state index in [0.29, 0.717) is 11.9 Å². The molecule has 0 radical (unpaired) electrons. The van der Waals surface area contributed by atoms with Crippen molar-refractivity contribution < 1.29 is 4.74 Å². The number of nitrogens with zero attached hydrogens (tertiary/aromatic N) is 2. The Morgan fingerprint density at radius 1 is 1.32 bits per heavy atom. The number of H-pyrrole nitrogens is 1. The average Bonchev–Trinajstić information content (AvgIpc) is 3.16. The van der Waals surface area contributed by atoms with Gasteiger partial charge in [-0.1, -0.05) is 6.07 Å². The van der Waals surface area contributed by atoms with E-state index in [1.54, 1.807) is 11.3 Å². The highest BCUT2D eigenvalue weighted by atomic mass is 32.1. The van der Waals surface area contributed by atoms with Crippen LogP contribution in [0.15, 0.2) is 27.7 Å². The minimum atomic E-state index is -0.0436. The highest BCUT2D eigenvalue weighted by molar-refractivity contribution is 7.18. The first-order valence-corrected chi connectivity index (χ1v) is 8.91. The van der Waals surface area contributed by atoms with Crippen LogP contribution in [0, 0.1) is 0 Å². The summed E-state index contributed by atoms with van der Waals surface area (Å²) >= 11 is 3.18. The summed E-state index contributed by atoms with van der Waals surface area (Å²) in [5.41, 5.74) is 0.944. The largest absolute Gasteiger partial charge is 0.379 e. The lowest BCUT2D eigenvalue weighted by Gasteiger charge is -2.25. The fraction of sp³-hybridized carbons (Fsp3) is 0.333. The van der Waals surface area contributed by atoms with Crippen LogP contribution >= 0.6 is 22.7 Å². The highest BCUT2D eigenvalue weighted by Crippen LogP contribution is 2.33. The van der Waals surface area contributed by atoms with E-state index in [-0.39, 0.29) is 5.56 Å². The van der Waals surface area contributed by atoms with Gasteiger partial charge in [0.15, 0.2) is 0 Å². The molecule has 1 saturated heterocycles. The first-order valence-electron chi connectivity index (χ1n) is 7.15. The van der Waals surface area contributed by atoms with Crippen LogP contribution in [0.4, 0.5) is 0 Å². The van der Waals surface area contributed by atoms with Crippen molar-refractivity contribution in [3.8, 4) is 10.4 Å². The zero-order valence-corrected chi connectivity index (χ0v) is 13.5. The van der Waals surface area contributed by atoms with Crippen molar-refractivity contribution in [3.05, 3.63) is 39.1 Å². The molecule has 0 aliphatic carbocycles. The van der Waals surface area contributed by atoms with Gasteiger partial charge in [-0.3, -0.25) is 9.69 Å². The normalized spacial score (nSPS) is 16.4. The lowest BCUT2D eigenvalue weighted by Crippen LogP contribution is -2.36. The summed E-state index contributed by atoms with van der Waals surface area (Å²) in [4.78, 5) is 24.3. The molecule has 0 bridgehead atoms. The lowest BCUT2D eigenvalue weighted by atomic mass is 10.2. The SMILES string of the molecule is O=c1[nH]c(CN2CCOCC2)nc2scc(-c3cccs3)c12. The molecule has 5 nitrogen and oxygen atoms in total. The number of fused-ring (bicyclic) bond motifs is 1. The average molecular weight is 333 g/mol. The Morgan fingerprint density at radius 2 is 2.18 bits per heavy atom. The number of hydrogen-bond acceptors (Lipinski definition) is 6. The monoisotopic (exact) mass is 333 g/mol. The maximum atomic E-state index is 12.5. The Morgan fingerprint density at radius 3 is 2.95 bits per heavy atom. The molecule has 3 aromatic rings. The minimum Gasteiger partial charge on any atom is -0.379 e. The molecule has 0 atom stereocenters. The molecule has 0 unspecified atom stereocenters. The summed E-state index contributed by atoms with van der Waals surface area (Å²) in [6, 6.07) is 4.03. The zero-order chi connectivity index (χ0) is 14.9. The van der Waals surface area contributed by atoms with Crippen molar-refractivity contribution in [1.29, 1.82) is 0 Å². The molecule has 0 aromatic carbocycles. The molecule has 22 heavy (non-hydrogen) atoms. The fourth-order valence-electron chi connectivity index (χ4n) is 2.65. The zero-order valence-electron chi connectivity index (χ0n) is 11.9. The second-order valence-electron chi connectivity index (χ2n) is 5.21. The molecular formula is C15H15N3O2S2. The van der Waals surface area contributed by atoms with Crippen molar-refractivity contribution >= 4 is 32.9 Å². The number of rotatable bonds is 3. The van der Waals surface area contributed by atoms with Gasteiger partial charge in [0, 0.05) is 28.9 Å². The van der Waals surface area contributed by atoms with Gasteiger partial charge in [0.1, 0.15) is 10.7 Å². The molecular weight excluding hydrogens is 318 g/mol. The third-order valence-electron chi connectivity index (χ3n) is 3.76. The van der Waals surface area contributed by atoms with Crippen molar-refractivity contribution in [1.82, 2.24) is 14.9 Å². The Kier molecular flexibility index (Phi) is 3.79. The topological polar surface area (TPSA) is 58.2 Å². The molecule has 4 heterocycles. The van der Waals surface area contributed by atoms with Crippen molar-refractivity contribution in [2.24, 2.45) is 0 Å². The van der Waals surface area contributed by atoms with Crippen LogP contribution in [0.5, 0.6) is 0 Å². The maximum Gasteiger partial charge on any atom is 0.260 e. The summed E-state index contributed by atoms with van der Waals surface area (Å²) in [5.74, 6) is 0.735. The lowest BCUT2D eigenvalue weighted by molar-refractivity contribution is 0.0331. The molecule has 0 spiro atoms. The first kappa shape index (κ1) is 14.1. The van der Waals surface area contributed by atoms with E-state index in [9.17, 15) is 4.79 Å². The van der Waals surface area contributed by atoms with Crippen LogP contribution in [-0.2, 0) is 11.3 Å². The Balaban J connectivity index is 1.70. The molecule has 0 amide bonds. The molecule has 0 saturated carbocycles. The summed E-state index contributed by atoms with van der Waals surface area (Å²) in [5, 5.41) is 4.75. The molecule has 1 fully saturated rings.